The van der Waals surface area contributed by atoms with Crippen molar-refractivity contribution >= 4 is 26.3 Å². The third-order valence-electron chi connectivity index (χ3n) is 22.3. The molecule has 0 amide bonds. The van der Waals surface area contributed by atoms with Crippen molar-refractivity contribution in [3.63, 3.8) is 0 Å². The van der Waals surface area contributed by atoms with Gasteiger partial charge in [0.05, 0.1) is 114 Å². The van der Waals surface area contributed by atoms with E-state index in [2.05, 4.69) is 24.3 Å². The summed E-state index contributed by atoms with van der Waals surface area (Å²) >= 11 is 0.0307. The topological polar surface area (TPSA) is 258 Å². The molecule has 0 heterocycles. The van der Waals surface area contributed by atoms with Crippen molar-refractivity contribution < 1.29 is 133 Å². The van der Waals surface area contributed by atoms with Gasteiger partial charge in [0.25, 0.3) is 0 Å². The van der Waals surface area contributed by atoms with Crippen LogP contribution in [-0.2, 0) is 89.9 Å². The van der Waals surface area contributed by atoms with Crippen molar-refractivity contribution in [2.45, 2.75) is 89.9 Å². The summed E-state index contributed by atoms with van der Waals surface area (Å²) < 4.78 is 171. The van der Waals surface area contributed by atoms with Crippen molar-refractivity contribution in [1.82, 2.24) is 0 Å². The average molecular weight is 2090 g/mol. The molecule has 14 aromatic rings. The summed E-state index contributed by atoms with van der Waals surface area (Å²) in [7, 11) is 25.8. The van der Waals surface area contributed by atoms with Crippen LogP contribution in [0.5, 0.6) is 161 Å². The second-order valence-corrected chi connectivity index (χ2v) is 40.0. The van der Waals surface area contributed by atoms with Crippen LogP contribution in [0.1, 0.15) is 77.9 Å². The third-order valence-corrected chi connectivity index (χ3v) is 29.0. The molecule has 30 heteroatoms. The fourth-order valence-corrected chi connectivity index (χ4v) is 21.5. The Hall–Kier alpha value is -15.5. The van der Waals surface area contributed by atoms with Gasteiger partial charge in [0, 0.05) is 48.5 Å². The Morgan fingerprint density at radius 3 is 0.271 bits per heavy atom. The fraction of sp³-hybridized carbons (Fsp3) is 0.263. The van der Waals surface area contributed by atoms with Crippen molar-refractivity contribution in [2.75, 3.05) is 114 Å². The van der Waals surface area contributed by atoms with Gasteiger partial charge in [0.1, 0.15) is 92.0 Å². The van der Waals surface area contributed by atoms with Gasteiger partial charge in [-0.1, -0.05) is 0 Å². The summed E-state index contributed by atoms with van der Waals surface area (Å²) in [6.07, 6.45) is 0. The van der Waals surface area contributed by atoms with Crippen molar-refractivity contribution in [1.29, 1.82) is 0 Å². The Morgan fingerprint density at radius 1 is 0.104 bits per heavy atom. The van der Waals surface area contributed by atoms with Crippen LogP contribution in [0.15, 0.2) is 255 Å². The van der Waals surface area contributed by atoms with E-state index < -0.39 is 0 Å². The van der Waals surface area contributed by atoms with Crippen LogP contribution in [0.25, 0.3) is 0 Å². The van der Waals surface area contributed by atoms with Gasteiger partial charge in [-0.15, -0.1) is 0 Å². The summed E-state index contributed by atoms with van der Waals surface area (Å²) in [6, 6.07) is 79.9. The van der Waals surface area contributed by atoms with Crippen LogP contribution in [0.3, 0.4) is 0 Å². The molecule has 0 aliphatic carbocycles. The Morgan fingerprint density at radius 2 is 0.181 bits per heavy atom. The van der Waals surface area contributed by atoms with Crippen molar-refractivity contribution in [2.24, 2.45) is 0 Å². The predicted molar refractivity (Wildman–Crippen MR) is 546 cm³/mol. The first-order valence-electron chi connectivity index (χ1n) is 45.7. The Bertz CT molecular complexity index is 5330. The molecule has 0 radical (unpaired) electrons. The van der Waals surface area contributed by atoms with E-state index in [0.29, 0.717) is 172 Å². The molecule has 754 valence electrons. The van der Waals surface area contributed by atoms with Gasteiger partial charge in [-0.3, -0.25) is 0 Å². The summed E-state index contributed by atoms with van der Waals surface area (Å²) in [5.41, 5.74) is 11.6. The van der Waals surface area contributed by atoms with Gasteiger partial charge < -0.3 is 75.8 Å². The maximum Gasteiger partial charge on any atom is 0.122 e. The van der Waals surface area contributed by atoms with Crippen LogP contribution < -0.4 is 133 Å². The SMILES string of the molecule is COc1cc(COc2cc(COc3cc(C[Se][Se]Cc4cc(OCc5cc(OCc6cc(OC)cc(OC)c6)cc(OCc6cc(OC)cc(OC)c6)c5)cc(OCc5cc(OCc6cc(OC)cc(OC)c6)cc(OCc6cc(OC)cc(OC)c6)c5)c4)cc(OCc4cc(OCc5cc(OC)cc(OC)c5)cc(OCc5cc(OC)cc(OC)c5)c4)c3)cc(OCc3cc(OC)cc(OC)c3)c2)cc(OC)c1. The number of hydrogen-bond acceptors (Lipinski definition) is 28. The molecule has 144 heavy (non-hydrogen) atoms. The molecule has 28 nitrogen and oxygen atoms in total. The summed E-state index contributed by atoms with van der Waals surface area (Å²) in [5.74, 6) is 16.4. The fourth-order valence-electron chi connectivity index (χ4n) is 15.1. The predicted octanol–water partition coefficient (Wildman–Crippen LogP) is 21.8. The monoisotopic (exact) mass is 2090 g/mol. The van der Waals surface area contributed by atoms with Crippen LogP contribution in [0.2, 0.25) is 0 Å². The van der Waals surface area contributed by atoms with Crippen molar-refractivity contribution in [3.05, 3.63) is 333 Å². The first-order chi connectivity index (χ1) is 70.3. The molecule has 0 aromatic heterocycles. The maximum atomic E-state index is 6.95. The Balaban J connectivity index is 0.788. The van der Waals surface area contributed by atoms with E-state index in [1.54, 1.807) is 114 Å². The van der Waals surface area contributed by atoms with E-state index in [1.165, 1.54) is 0 Å². The van der Waals surface area contributed by atoms with Gasteiger partial charge >= 0.3 is 429 Å². The molecule has 0 N–H and O–H groups in total. The molecule has 0 spiro atoms. The molecule has 0 bridgehead atoms. The number of methoxy groups -OCH3 is 16. The van der Waals surface area contributed by atoms with E-state index in [0.717, 1.165) is 77.9 Å². The van der Waals surface area contributed by atoms with Crippen molar-refractivity contribution in [3.8, 4) is 161 Å². The third kappa shape index (κ3) is 31.5. The molecule has 14 rings (SSSR count). The summed E-state index contributed by atoms with van der Waals surface area (Å²) in [5, 5.41) is 1.38. The van der Waals surface area contributed by atoms with Gasteiger partial charge in [-0.25, -0.2) is 0 Å². The zero-order valence-electron chi connectivity index (χ0n) is 83.4. The van der Waals surface area contributed by atoms with Crippen LogP contribution in [0.4, 0.5) is 0 Å². The minimum atomic E-state index is 0.0154. The summed E-state index contributed by atoms with van der Waals surface area (Å²) in [6.45, 7) is 1.80. The number of ether oxygens (including phenoxy) is 28. The average Bonchev–Trinajstić information content (AvgIpc) is 0.837. The van der Waals surface area contributed by atoms with Crippen LogP contribution in [0, 0.1) is 0 Å². The molecule has 0 aliphatic rings. The molecule has 0 saturated heterocycles. The second kappa shape index (κ2) is 52.9. The molecule has 0 fully saturated rings. The first kappa shape index (κ1) is 104. The normalized spacial score (nSPS) is 10.8. The molecule has 14 aromatic carbocycles. The minimum absolute atomic E-state index is 0.0154. The standard InChI is InChI=1S/C114H118O28Se2/c1-115-87-17-73(18-88(45-87)116-2)59-131-103-33-81(34-104(53-103)132-60-74-19-89(117-3)46-90(20-74)118-4)67-139-111-41-85(42-112(57-111)140-68-82-35-105(133-61-75-21-91(119-5)47-92(22-75)120-6)54-106(36-82)134-62-76-23-93(121-7)48-94(24-76)122-8)71-143-144-72-86-43-113(141-69-83-37-107(135-63-77-25-95(123-9)49-96(26-77)124-10)55-108(38-83)136-64-78-27-97(125-11)50-98(28-78)126-12)58-114(44-86)142-70-84-39-109(137-65-79-29-99(127-13)51-100(30-79)128-14)56-110(40-84)138-66-80-31-101(129-15)52-102(32-80)130-16/h17-58H,59-72H2,1-16H3. The number of rotatable bonds is 57. The van der Waals surface area contributed by atoms with Gasteiger partial charge in [-0.2, -0.15) is 0 Å². The first-order valence-corrected chi connectivity index (χ1v) is 52.4. The van der Waals surface area contributed by atoms with Gasteiger partial charge in [0.2, 0.25) is 0 Å². The Labute approximate surface area is 850 Å². The van der Waals surface area contributed by atoms with E-state index in [-0.39, 0.29) is 106 Å². The number of benzene rings is 14. The minimum Gasteiger partial charge on any atom is -0.497 e. The zero-order chi connectivity index (χ0) is 101. The Kier molecular flexibility index (Phi) is 38.3. The van der Waals surface area contributed by atoms with E-state index in [4.69, 9.17) is 133 Å². The van der Waals surface area contributed by atoms with Crippen LogP contribution in [-0.4, -0.2) is 140 Å². The van der Waals surface area contributed by atoms with E-state index in [9.17, 15) is 0 Å². The van der Waals surface area contributed by atoms with Crippen LogP contribution >= 0.6 is 0 Å². The quantitative estimate of drug-likeness (QED) is 0.0253. The van der Waals surface area contributed by atoms with Gasteiger partial charge in [-0.05, 0) is 97.1 Å². The molecule has 0 atom stereocenters. The largest absolute Gasteiger partial charge is 0.497 e. The molecule has 0 saturated carbocycles. The second-order valence-electron chi connectivity index (χ2n) is 32.6. The maximum absolute atomic E-state index is 6.95. The van der Waals surface area contributed by atoms with E-state index in [1.807, 2.05) is 231 Å². The molecular weight excluding hydrogens is 1980 g/mol. The van der Waals surface area contributed by atoms with Gasteiger partial charge in [0.15, 0.2) is 0 Å². The molecule has 0 aliphatic heterocycles. The summed E-state index contributed by atoms with van der Waals surface area (Å²) in [4.78, 5) is 0. The smallest absolute Gasteiger partial charge is 0.122 e. The molecule has 0 unspecified atom stereocenters. The molecular formula is C114H118O28Se2. The van der Waals surface area contributed by atoms with E-state index >= 15 is 0 Å². The number of hydrogen-bond donors (Lipinski definition) is 0. The zero-order valence-corrected chi connectivity index (χ0v) is 86.8.